The molecule has 5 nitrogen and oxygen atoms in total. The molecule has 0 bridgehead atoms. The molecule has 1 aromatic heterocycles. The number of rotatable bonds is 6. The largest absolute Gasteiger partial charge is 0.355 e. The molecular formula is C18H16FN3O2S. The van der Waals surface area contributed by atoms with Gasteiger partial charge in [0.1, 0.15) is 5.82 Å². The van der Waals surface area contributed by atoms with Gasteiger partial charge in [-0.3, -0.25) is 9.59 Å². The standard InChI is InChI=1S/C18H16FN3O2S/c19-13-6-7-14-15(11-13)25-18(21-14)22-16(23)8-9-20-17(24)10-12-4-2-1-3-5-12/h1-7,11H,8-10H2,(H,20,24)(H,21,22,23). The summed E-state index contributed by atoms with van der Waals surface area (Å²) in [4.78, 5) is 28.0. The lowest BCUT2D eigenvalue weighted by molar-refractivity contribution is -0.120. The molecule has 0 aliphatic heterocycles. The van der Waals surface area contributed by atoms with Crippen molar-refractivity contribution in [1.82, 2.24) is 10.3 Å². The topological polar surface area (TPSA) is 71.1 Å². The van der Waals surface area contributed by atoms with Crippen molar-refractivity contribution in [2.45, 2.75) is 12.8 Å². The molecule has 3 rings (SSSR count). The van der Waals surface area contributed by atoms with E-state index in [1.165, 1.54) is 23.5 Å². The van der Waals surface area contributed by atoms with E-state index in [0.29, 0.717) is 15.3 Å². The first kappa shape index (κ1) is 17.0. The van der Waals surface area contributed by atoms with E-state index in [0.717, 1.165) is 5.56 Å². The van der Waals surface area contributed by atoms with Crippen molar-refractivity contribution in [2.75, 3.05) is 11.9 Å². The summed E-state index contributed by atoms with van der Waals surface area (Å²) in [6.07, 6.45) is 0.427. The zero-order valence-electron chi connectivity index (χ0n) is 13.3. The second-order valence-electron chi connectivity index (χ2n) is 5.44. The third kappa shape index (κ3) is 4.84. The van der Waals surface area contributed by atoms with Gasteiger partial charge in [-0.15, -0.1) is 0 Å². The zero-order valence-corrected chi connectivity index (χ0v) is 14.1. The molecule has 0 spiro atoms. The van der Waals surface area contributed by atoms with Crippen LogP contribution in [0.2, 0.25) is 0 Å². The van der Waals surface area contributed by atoms with E-state index in [1.807, 2.05) is 30.3 Å². The summed E-state index contributed by atoms with van der Waals surface area (Å²) >= 11 is 1.21. The van der Waals surface area contributed by atoms with Crippen molar-refractivity contribution in [1.29, 1.82) is 0 Å². The molecule has 0 unspecified atom stereocenters. The second kappa shape index (κ2) is 7.85. The third-order valence-corrected chi connectivity index (χ3v) is 4.41. The Bertz CT molecular complexity index is 896. The summed E-state index contributed by atoms with van der Waals surface area (Å²) in [5, 5.41) is 5.80. The van der Waals surface area contributed by atoms with Crippen LogP contribution in [0.5, 0.6) is 0 Å². The first-order chi connectivity index (χ1) is 12.1. The van der Waals surface area contributed by atoms with E-state index in [4.69, 9.17) is 0 Å². The van der Waals surface area contributed by atoms with Crippen molar-refractivity contribution in [3.8, 4) is 0 Å². The SMILES string of the molecule is O=C(Cc1ccccc1)NCCC(=O)Nc1nc2ccc(F)cc2s1. The lowest BCUT2D eigenvalue weighted by atomic mass is 10.1. The van der Waals surface area contributed by atoms with Gasteiger partial charge < -0.3 is 10.6 Å². The first-order valence-corrected chi connectivity index (χ1v) is 8.58. The average molecular weight is 357 g/mol. The fourth-order valence-electron chi connectivity index (χ4n) is 2.29. The number of nitrogens with one attached hydrogen (secondary N) is 2. The van der Waals surface area contributed by atoms with Crippen LogP contribution in [-0.4, -0.2) is 23.3 Å². The Balaban J connectivity index is 1.45. The number of fused-ring (bicyclic) bond motifs is 1. The highest BCUT2D eigenvalue weighted by Gasteiger charge is 2.09. The maximum atomic E-state index is 13.2. The number of thiazole rings is 1. The van der Waals surface area contributed by atoms with Crippen LogP contribution >= 0.6 is 11.3 Å². The first-order valence-electron chi connectivity index (χ1n) is 7.77. The molecule has 0 fully saturated rings. The number of halogens is 1. The Hall–Kier alpha value is -2.80. The summed E-state index contributed by atoms with van der Waals surface area (Å²) < 4.78 is 13.8. The summed E-state index contributed by atoms with van der Waals surface area (Å²) in [5.41, 5.74) is 1.56. The third-order valence-electron chi connectivity index (χ3n) is 3.48. The molecule has 128 valence electrons. The van der Waals surface area contributed by atoms with Gasteiger partial charge in [0.2, 0.25) is 11.8 Å². The lowest BCUT2D eigenvalue weighted by Gasteiger charge is -2.05. The number of aromatic nitrogens is 1. The van der Waals surface area contributed by atoms with Crippen LogP contribution in [0, 0.1) is 5.82 Å². The molecular weight excluding hydrogens is 341 g/mol. The highest BCUT2D eigenvalue weighted by Crippen LogP contribution is 2.26. The quantitative estimate of drug-likeness (QED) is 0.712. The number of amides is 2. The van der Waals surface area contributed by atoms with Crippen molar-refractivity contribution >= 4 is 38.5 Å². The van der Waals surface area contributed by atoms with Crippen LogP contribution in [0.25, 0.3) is 10.2 Å². The number of carbonyl (C=O) groups excluding carboxylic acids is 2. The predicted octanol–water partition coefficient (Wildman–Crippen LogP) is 3.12. The van der Waals surface area contributed by atoms with Crippen molar-refractivity contribution in [3.63, 3.8) is 0 Å². The number of nitrogens with zero attached hydrogens (tertiary/aromatic N) is 1. The van der Waals surface area contributed by atoms with Gasteiger partial charge in [-0.25, -0.2) is 9.37 Å². The van der Waals surface area contributed by atoms with Gasteiger partial charge in [-0.1, -0.05) is 41.7 Å². The Morgan fingerprint density at radius 3 is 2.68 bits per heavy atom. The number of anilines is 1. The van der Waals surface area contributed by atoms with E-state index in [9.17, 15) is 14.0 Å². The van der Waals surface area contributed by atoms with Crippen molar-refractivity contribution < 1.29 is 14.0 Å². The monoisotopic (exact) mass is 357 g/mol. The molecule has 25 heavy (non-hydrogen) atoms. The van der Waals surface area contributed by atoms with Gasteiger partial charge in [0.05, 0.1) is 16.6 Å². The van der Waals surface area contributed by atoms with Gasteiger partial charge in [-0.05, 0) is 23.8 Å². The van der Waals surface area contributed by atoms with Gasteiger partial charge in [-0.2, -0.15) is 0 Å². The Morgan fingerprint density at radius 1 is 1.08 bits per heavy atom. The van der Waals surface area contributed by atoms with E-state index in [1.54, 1.807) is 6.07 Å². The molecule has 0 saturated heterocycles. The number of benzene rings is 2. The van der Waals surface area contributed by atoms with Gasteiger partial charge in [0, 0.05) is 13.0 Å². The van der Waals surface area contributed by atoms with E-state index in [-0.39, 0.29) is 37.0 Å². The fraction of sp³-hybridized carbons (Fsp3) is 0.167. The minimum atomic E-state index is -0.338. The molecule has 2 N–H and O–H groups in total. The second-order valence-corrected chi connectivity index (χ2v) is 6.47. The maximum Gasteiger partial charge on any atom is 0.227 e. The fourth-order valence-corrected chi connectivity index (χ4v) is 3.20. The maximum absolute atomic E-state index is 13.2. The highest BCUT2D eigenvalue weighted by molar-refractivity contribution is 7.22. The Kier molecular flexibility index (Phi) is 5.35. The molecule has 0 saturated carbocycles. The normalized spacial score (nSPS) is 10.6. The minimum Gasteiger partial charge on any atom is -0.355 e. The molecule has 3 aromatic rings. The van der Waals surface area contributed by atoms with Crippen LogP contribution in [0.1, 0.15) is 12.0 Å². The highest BCUT2D eigenvalue weighted by atomic mass is 32.1. The van der Waals surface area contributed by atoms with Gasteiger partial charge in [0.15, 0.2) is 5.13 Å². The molecule has 0 aliphatic carbocycles. The lowest BCUT2D eigenvalue weighted by Crippen LogP contribution is -2.28. The van der Waals surface area contributed by atoms with Crippen LogP contribution in [0.3, 0.4) is 0 Å². The van der Waals surface area contributed by atoms with Crippen LogP contribution in [-0.2, 0) is 16.0 Å². The molecule has 2 amide bonds. The summed E-state index contributed by atoms with van der Waals surface area (Å²) in [6.45, 7) is 0.247. The molecule has 2 aromatic carbocycles. The van der Waals surface area contributed by atoms with Crippen LogP contribution in [0.4, 0.5) is 9.52 Å². The van der Waals surface area contributed by atoms with Crippen molar-refractivity contribution in [2.24, 2.45) is 0 Å². The Morgan fingerprint density at radius 2 is 1.88 bits per heavy atom. The van der Waals surface area contributed by atoms with E-state index in [2.05, 4.69) is 15.6 Å². The molecule has 7 heteroatoms. The van der Waals surface area contributed by atoms with E-state index < -0.39 is 0 Å². The smallest absolute Gasteiger partial charge is 0.227 e. The van der Waals surface area contributed by atoms with E-state index >= 15 is 0 Å². The predicted molar refractivity (Wildman–Crippen MR) is 96.0 cm³/mol. The summed E-state index contributed by atoms with van der Waals surface area (Å²) in [5.74, 6) is -0.718. The number of hydrogen-bond acceptors (Lipinski definition) is 4. The molecule has 0 aliphatic rings. The number of carbonyl (C=O) groups is 2. The van der Waals surface area contributed by atoms with Crippen molar-refractivity contribution in [3.05, 3.63) is 59.9 Å². The van der Waals surface area contributed by atoms with Gasteiger partial charge in [0.25, 0.3) is 0 Å². The minimum absolute atomic E-state index is 0.130. The molecule has 0 atom stereocenters. The molecule has 1 heterocycles. The Labute approximate surface area is 147 Å². The molecule has 0 radical (unpaired) electrons. The average Bonchev–Trinajstić information content (AvgIpc) is 2.96. The summed E-state index contributed by atoms with van der Waals surface area (Å²) in [6, 6.07) is 13.7. The zero-order chi connectivity index (χ0) is 17.6. The van der Waals surface area contributed by atoms with Crippen LogP contribution < -0.4 is 10.6 Å². The number of hydrogen-bond donors (Lipinski definition) is 2. The summed E-state index contributed by atoms with van der Waals surface area (Å²) in [7, 11) is 0. The van der Waals surface area contributed by atoms with Gasteiger partial charge >= 0.3 is 0 Å². The van der Waals surface area contributed by atoms with Crippen LogP contribution in [0.15, 0.2) is 48.5 Å².